The number of aliphatic hydroxyl groups is 1. The minimum absolute atomic E-state index is 0.168. The highest BCUT2D eigenvalue weighted by Gasteiger charge is 2.43. The van der Waals surface area contributed by atoms with Crippen LogP contribution in [0.1, 0.15) is 48.7 Å². The lowest BCUT2D eigenvalue weighted by Crippen LogP contribution is -2.29. The van der Waals surface area contributed by atoms with Crippen LogP contribution < -0.4 is 4.74 Å². The zero-order chi connectivity index (χ0) is 15.2. The number of rotatable bonds is 3. The highest BCUT2D eigenvalue weighted by atomic mass is 16.5. The van der Waals surface area contributed by atoms with Gasteiger partial charge in [0.25, 0.3) is 0 Å². The first-order chi connectivity index (χ1) is 9.97. The van der Waals surface area contributed by atoms with Crippen LogP contribution in [-0.4, -0.2) is 22.0 Å². The Hall–Kier alpha value is -1.81. The van der Waals surface area contributed by atoms with Gasteiger partial charge in [0.1, 0.15) is 11.3 Å². The van der Waals surface area contributed by atoms with Crippen LogP contribution in [0.5, 0.6) is 5.75 Å². The summed E-state index contributed by atoms with van der Waals surface area (Å²) in [6, 6.07) is 6.47. The number of aromatic nitrogens is 2. The van der Waals surface area contributed by atoms with Crippen molar-refractivity contribution >= 4 is 0 Å². The van der Waals surface area contributed by atoms with Crippen LogP contribution in [0.2, 0.25) is 0 Å². The third kappa shape index (κ3) is 2.05. The number of hydrogen-bond donors (Lipinski definition) is 1. The van der Waals surface area contributed by atoms with E-state index in [2.05, 4.69) is 44.1 Å². The maximum absolute atomic E-state index is 11.4. The molecule has 1 N–H and O–H groups in total. The Labute approximate surface area is 125 Å². The van der Waals surface area contributed by atoms with Gasteiger partial charge in [-0.05, 0) is 44.7 Å². The van der Waals surface area contributed by atoms with Gasteiger partial charge in [0.15, 0.2) is 5.75 Å². The van der Waals surface area contributed by atoms with E-state index in [0.717, 1.165) is 23.2 Å². The van der Waals surface area contributed by atoms with E-state index in [9.17, 15) is 5.11 Å². The molecule has 2 aromatic rings. The predicted octanol–water partition coefficient (Wildman–Crippen LogP) is 2.96. The molecule has 1 aliphatic carbocycles. The van der Waals surface area contributed by atoms with Gasteiger partial charge in [-0.1, -0.05) is 23.8 Å². The smallest absolute Gasteiger partial charge is 0.163 e. The molecule has 1 unspecified atom stereocenters. The van der Waals surface area contributed by atoms with E-state index in [-0.39, 0.29) is 6.04 Å². The Morgan fingerprint density at radius 2 is 2.14 bits per heavy atom. The first kappa shape index (κ1) is 14.1. The lowest BCUT2D eigenvalue weighted by molar-refractivity contribution is 0.0684. The topological polar surface area (TPSA) is 47.3 Å². The molecule has 112 valence electrons. The molecule has 0 fully saturated rings. The van der Waals surface area contributed by atoms with Crippen molar-refractivity contribution in [2.45, 2.75) is 45.3 Å². The number of benzene rings is 1. The molecule has 4 heteroatoms. The lowest BCUT2D eigenvalue weighted by Gasteiger charge is -2.27. The molecule has 3 rings (SSSR count). The number of fused-ring (bicyclic) bond motifs is 1. The van der Waals surface area contributed by atoms with Crippen LogP contribution in [-0.2, 0) is 12.0 Å². The van der Waals surface area contributed by atoms with Gasteiger partial charge in [-0.3, -0.25) is 4.68 Å². The Morgan fingerprint density at radius 1 is 1.38 bits per heavy atom. The molecular formula is C17H22N2O2. The van der Waals surface area contributed by atoms with Crippen molar-refractivity contribution in [1.82, 2.24) is 9.78 Å². The molecule has 21 heavy (non-hydrogen) atoms. The molecule has 0 saturated carbocycles. The SMILES string of the molecule is COc1cnn(C(C)C)c1C1(O)CCc2ccc(C)cc21. The maximum Gasteiger partial charge on any atom is 0.163 e. The Bertz CT molecular complexity index is 675. The first-order valence-electron chi connectivity index (χ1n) is 7.41. The van der Waals surface area contributed by atoms with Crippen molar-refractivity contribution in [3.8, 4) is 5.75 Å². The van der Waals surface area contributed by atoms with E-state index < -0.39 is 5.60 Å². The summed E-state index contributed by atoms with van der Waals surface area (Å²) in [5.41, 5.74) is 3.10. The van der Waals surface area contributed by atoms with Gasteiger partial charge < -0.3 is 9.84 Å². The molecule has 1 aliphatic rings. The van der Waals surface area contributed by atoms with E-state index in [4.69, 9.17) is 4.74 Å². The third-order valence-electron chi connectivity index (χ3n) is 4.33. The average Bonchev–Trinajstić information content (AvgIpc) is 3.02. The summed E-state index contributed by atoms with van der Waals surface area (Å²) in [5, 5.41) is 15.8. The monoisotopic (exact) mass is 286 g/mol. The molecule has 1 aromatic carbocycles. The minimum Gasteiger partial charge on any atom is -0.493 e. The highest BCUT2D eigenvalue weighted by Crippen LogP contribution is 2.46. The summed E-state index contributed by atoms with van der Waals surface area (Å²) in [4.78, 5) is 0. The van der Waals surface area contributed by atoms with Gasteiger partial charge in [-0.25, -0.2) is 0 Å². The fourth-order valence-electron chi connectivity index (χ4n) is 3.27. The molecule has 1 atom stereocenters. The van der Waals surface area contributed by atoms with Crippen LogP contribution in [0.4, 0.5) is 0 Å². The molecular weight excluding hydrogens is 264 g/mol. The van der Waals surface area contributed by atoms with Crippen molar-refractivity contribution in [2.75, 3.05) is 7.11 Å². The van der Waals surface area contributed by atoms with Crippen LogP contribution in [0.3, 0.4) is 0 Å². The van der Waals surface area contributed by atoms with Gasteiger partial charge in [0.2, 0.25) is 0 Å². The molecule has 0 spiro atoms. The Balaban J connectivity index is 2.22. The van der Waals surface area contributed by atoms with Gasteiger partial charge in [0.05, 0.1) is 13.3 Å². The zero-order valence-corrected chi connectivity index (χ0v) is 13.1. The highest BCUT2D eigenvalue weighted by molar-refractivity contribution is 5.48. The maximum atomic E-state index is 11.4. The van der Waals surface area contributed by atoms with Gasteiger partial charge in [0, 0.05) is 6.04 Å². The quantitative estimate of drug-likeness (QED) is 0.943. The van der Waals surface area contributed by atoms with Crippen molar-refractivity contribution in [1.29, 1.82) is 0 Å². The fraction of sp³-hybridized carbons (Fsp3) is 0.471. The second-order valence-corrected chi connectivity index (χ2v) is 6.12. The zero-order valence-electron chi connectivity index (χ0n) is 13.1. The molecule has 4 nitrogen and oxygen atoms in total. The van der Waals surface area contributed by atoms with Crippen LogP contribution in [0.25, 0.3) is 0 Å². The molecule has 0 bridgehead atoms. The lowest BCUT2D eigenvalue weighted by atomic mass is 9.90. The Morgan fingerprint density at radius 3 is 2.81 bits per heavy atom. The van der Waals surface area contributed by atoms with Crippen molar-refractivity contribution in [3.05, 3.63) is 46.8 Å². The second-order valence-electron chi connectivity index (χ2n) is 6.12. The van der Waals surface area contributed by atoms with E-state index in [1.165, 1.54) is 5.56 Å². The summed E-state index contributed by atoms with van der Waals surface area (Å²) < 4.78 is 7.33. The largest absolute Gasteiger partial charge is 0.493 e. The van der Waals surface area contributed by atoms with Crippen molar-refractivity contribution in [2.24, 2.45) is 0 Å². The molecule has 0 radical (unpaired) electrons. The third-order valence-corrected chi connectivity index (χ3v) is 4.33. The van der Waals surface area contributed by atoms with Crippen LogP contribution in [0, 0.1) is 6.92 Å². The number of nitrogens with zero attached hydrogens (tertiary/aromatic N) is 2. The molecule has 1 heterocycles. The molecule has 0 amide bonds. The fourth-order valence-corrected chi connectivity index (χ4v) is 3.27. The molecule has 1 aromatic heterocycles. The summed E-state index contributed by atoms with van der Waals surface area (Å²) in [5.74, 6) is 0.653. The number of hydrogen-bond acceptors (Lipinski definition) is 3. The van der Waals surface area contributed by atoms with Gasteiger partial charge in [-0.15, -0.1) is 0 Å². The Kier molecular flexibility index (Phi) is 3.29. The van der Waals surface area contributed by atoms with E-state index in [0.29, 0.717) is 12.2 Å². The first-order valence-corrected chi connectivity index (χ1v) is 7.41. The van der Waals surface area contributed by atoms with E-state index >= 15 is 0 Å². The summed E-state index contributed by atoms with van der Waals surface area (Å²) in [6.07, 6.45) is 3.24. The standard InChI is InChI=1S/C17H22N2O2/c1-11(2)19-16(15(21-4)10-18-19)17(20)8-7-13-6-5-12(3)9-14(13)17/h5-6,9-11,20H,7-8H2,1-4H3. The summed E-state index contributed by atoms with van der Waals surface area (Å²) in [7, 11) is 1.63. The normalized spacial score (nSPS) is 20.9. The van der Waals surface area contributed by atoms with Crippen LogP contribution in [0.15, 0.2) is 24.4 Å². The minimum atomic E-state index is -1.02. The van der Waals surface area contributed by atoms with E-state index in [1.807, 2.05) is 4.68 Å². The average molecular weight is 286 g/mol. The van der Waals surface area contributed by atoms with Crippen LogP contribution >= 0.6 is 0 Å². The van der Waals surface area contributed by atoms with Gasteiger partial charge in [-0.2, -0.15) is 5.10 Å². The van der Waals surface area contributed by atoms with E-state index in [1.54, 1.807) is 13.3 Å². The predicted molar refractivity (Wildman–Crippen MR) is 81.7 cm³/mol. The number of aryl methyl sites for hydroxylation is 2. The second kappa shape index (κ2) is 4.88. The molecule has 0 aliphatic heterocycles. The molecule has 0 saturated heterocycles. The number of ether oxygens (including phenoxy) is 1. The summed E-state index contributed by atoms with van der Waals surface area (Å²) >= 11 is 0. The van der Waals surface area contributed by atoms with Crippen molar-refractivity contribution < 1.29 is 9.84 Å². The van der Waals surface area contributed by atoms with Gasteiger partial charge >= 0.3 is 0 Å². The number of methoxy groups -OCH3 is 1. The van der Waals surface area contributed by atoms with Crippen molar-refractivity contribution in [3.63, 3.8) is 0 Å². The summed E-state index contributed by atoms with van der Waals surface area (Å²) in [6.45, 7) is 6.17.